The van der Waals surface area contributed by atoms with E-state index in [2.05, 4.69) is 4.98 Å². The third-order valence-corrected chi connectivity index (χ3v) is 3.61. The number of hydrogen-bond acceptors (Lipinski definition) is 5. The molecule has 12 heavy (non-hydrogen) atoms. The third-order valence-electron chi connectivity index (χ3n) is 1.57. The van der Waals surface area contributed by atoms with Gasteiger partial charge in [0.1, 0.15) is 5.01 Å². The van der Waals surface area contributed by atoms with Crippen LogP contribution in [-0.2, 0) is 5.41 Å². The zero-order valence-corrected chi connectivity index (χ0v) is 8.71. The summed E-state index contributed by atoms with van der Waals surface area (Å²) in [5.41, 5.74) is -0.251. The first-order chi connectivity index (χ1) is 5.60. The van der Waals surface area contributed by atoms with Crippen molar-refractivity contribution in [2.75, 3.05) is 6.61 Å². The van der Waals surface area contributed by atoms with E-state index in [1.165, 1.54) is 23.3 Å². The van der Waals surface area contributed by atoms with Crippen LogP contribution < -0.4 is 5.14 Å². The number of hydrogen-bond donors (Lipinski definition) is 2. The van der Waals surface area contributed by atoms with Crippen molar-refractivity contribution >= 4 is 23.3 Å². The zero-order valence-electron chi connectivity index (χ0n) is 7.07. The van der Waals surface area contributed by atoms with Crippen LogP contribution in [0.5, 0.6) is 0 Å². The maximum atomic E-state index is 9.06. The molecule has 3 nitrogen and oxygen atoms in total. The normalized spacial score (nSPS) is 12.0. The van der Waals surface area contributed by atoms with Gasteiger partial charge in [0.25, 0.3) is 0 Å². The molecule has 0 bridgehead atoms. The topological polar surface area (TPSA) is 59.1 Å². The molecule has 0 saturated carbocycles. The molecule has 0 fully saturated rings. The van der Waals surface area contributed by atoms with Gasteiger partial charge in [-0.15, -0.1) is 11.3 Å². The Hall–Kier alpha value is -0.100. The van der Waals surface area contributed by atoms with E-state index in [1.807, 2.05) is 13.8 Å². The number of aromatic nitrogens is 1. The Morgan fingerprint density at radius 3 is 2.83 bits per heavy atom. The molecule has 0 aromatic carbocycles. The Balaban J connectivity index is 2.88. The van der Waals surface area contributed by atoms with Crippen molar-refractivity contribution in [1.29, 1.82) is 0 Å². The van der Waals surface area contributed by atoms with Crippen LogP contribution >= 0.6 is 23.3 Å². The molecule has 1 aromatic rings. The summed E-state index contributed by atoms with van der Waals surface area (Å²) in [5, 5.41) is 15.4. The number of nitrogens with two attached hydrogens (primary N) is 1. The van der Waals surface area contributed by atoms with Crippen molar-refractivity contribution in [3.63, 3.8) is 0 Å². The minimum Gasteiger partial charge on any atom is -0.395 e. The number of rotatable bonds is 3. The second-order valence-electron chi connectivity index (χ2n) is 3.14. The first-order valence-electron chi connectivity index (χ1n) is 3.54. The predicted octanol–water partition coefficient (Wildman–Crippen LogP) is 1.38. The predicted molar refractivity (Wildman–Crippen MR) is 52.3 cm³/mol. The van der Waals surface area contributed by atoms with Crippen molar-refractivity contribution < 1.29 is 5.11 Å². The molecule has 0 atom stereocenters. The largest absolute Gasteiger partial charge is 0.395 e. The molecule has 0 aliphatic carbocycles. The summed E-state index contributed by atoms with van der Waals surface area (Å²) in [6, 6.07) is 0. The molecule has 0 amide bonds. The standard InChI is InChI=1S/C7H12N2OS2/c1-7(2,4-10)6-9-3-5(11-6)12-8/h3,10H,4,8H2,1-2H3. The van der Waals surface area contributed by atoms with Gasteiger partial charge in [0.2, 0.25) is 0 Å². The van der Waals surface area contributed by atoms with Gasteiger partial charge in [-0.2, -0.15) is 0 Å². The Bertz CT molecular complexity index is 260. The molecule has 3 N–H and O–H groups in total. The van der Waals surface area contributed by atoms with Crippen LogP contribution in [0.3, 0.4) is 0 Å². The molecule has 1 heterocycles. The van der Waals surface area contributed by atoms with Crippen molar-refractivity contribution in [2.24, 2.45) is 5.14 Å². The second kappa shape index (κ2) is 3.74. The summed E-state index contributed by atoms with van der Waals surface area (Å²) in [4.78, 5) is 4.19. The summed E-state index contributed by atoms with van der Waals surface area (Å²) < 4.78 is 0.978. The van der Waals surface area contributed by atoms with E-state index in [0.29, 0.717) is 0 Å². The van der Waals surface area contributed by atoms with Crippen molar-refractivity contribution in [2.45, 2.75) is 23.5 Å². The average Bonchev–Trinajstić information content (AvgIpc) is 2.52. The molecular formula is C7H12N2OS2. The monoisotopic (exact) mass is 204 g/mol. The van der Waals surface area contributed by atoms with Gasteiger partial charge in [0.15, 0.2) is 0 Å². The molecular weight excluding hydrogens is 192 g/mol. The van der Waals surface area contributed by atoms with Gasteiger partial charge in [-0.25, -0.2) is 4.98 Å². The van der Waals surface area contributed by atoms with Gasteiger partial charge in [0, 0.05) is 5.41 Å². The molecule has 0 unspecified atom stereocenters. The highest BCUT2D eigenvalue weighted by Gasteiger charge is 2.23. The zero-order chi connectivity index (χ0) is 9.19. The highest BCUT2D eigenvalue weighted by molar-refractivity contribution is 7.99. The first kappa shape index (κ1) is 9.98. The van der Waals surface area contributed by atoms with Gasteiger partial charge in [-0.3, -0.25) is 5.14 Å². The van der Waals surface area contributed by atoms with E-state index >= 15 is 0 Å². The van der Waals surface area contributed by atoms with Crippen LogP contribution in [-0.4, -0.2) is 16.7 Å². The fourth-order valence-corrected chi connectivity index (χ4v) is 1.98. The van der Waals surface area contributed by atoms with E-state index in [0.717, 1.165) is 9.22 Å². The van der Waals surface area contributed by atoms with Crippen LogP contribution in [0.4, 0.5) is 0 Å². The fraction of sp³-hybridized carbons (Fsp3) is 0.571. The number of aliphatic hydroxyl groups is 1. The lowest BCUT2D eigenvalue weighted by Gasteiger charge is -2.17. The lowest BCUT2D eigenvalue weighted by atomic mass is 9.96. The van der Waals surface area contributed by atoms with E-state index in [9.17, 15) is 0 Å². The van der Waals surface area contributed by atoms with Crippen LogP contribution in [0.1, 0.15) is 18.9 Å². The molecule has 68 valence electrons. The van der Waals surface area contributed by atoms with Crippen molar-refractivity contribution in [3.05, 3.63) is 11.2 Å². The third kappa shape index (κ3) is 1.98. The maximum Gasteiger partial charge on any atom is 0.102 e. The summed E-state index contributed by atoms with van der Waals surface area (Å²) in [6.07, 6.45) is 1.74. The lowest BCUT2D eigenvalue weighted by molar-refractivity contribution is 0.218. The molecule has 1 aromatic heterocycles. The molecule has 5 heteroatoms. The number of nitrogens with zero attached hydrogens (tertiary/aromatic N) is 1. The smallest absolute Gasteiger partial charge is 0.102 e. The minimum absolute atomic E-state index is 0.106. The molecule has 0 spiro atoms. The molecule has 0 saturated heterocycles. The van der Waals surface area contributed by atoms with Gasteiger partial charge in [-0.1, -0.05) is 13.8 Å². The fourth-order valence-electron chi connectivity index (χ4n) is 0.694. The SMILES string of the molecule is CC(C)(CO)c1ncc(SN)s1. The van der Waals surface area contributed by atoms with E-state index in [-0.39, 0.29) is 12.0 Å². The Morgan fingerprint density at radius 2 is 2.42 bits per heavy atom. The van der Waals surface area contributed by atoms with E-state index in [4.69, 9.17) is 10.2 Å². The summed E-state index contributed by atoms with van der Waals surface area (Å²) >= 11 is 2.72. The Kier molecular flexibility index (Phi) is 3.11. The van der Waals surface area contributed by atoms with Crippen molar-refractivity contribution in [1.82, 2.24) is 4.98 Å². The summed E-state index contributed by atoms with van der Waals surface area (Å²) in [7, 11) is 0. The second-order valence-corrected chi connectivity index (χ2v) is 5.11. The Labute approximate surface area is 80.1 Å². The quantitative estimate of drug-likeness (QED) is 0.730. The summed E-state index contributed by atoms with van der Waals surface area (Å²) in [5.74, 6) is 0. The Morgan fingerprint density at radius 1 is 1.75 bits per heavy atom. The van der Waals surface area contributed by atoms with Crippen LogP contribution in [0, 0.1) is 0 Å². The molecule has 1 rings (SSSR count). The maximum absolute atomic E-state index is 9.06. The van der Waals surface area contributed by atoms with Crippen LogP contribution in [0.25, 0.3) is 0 Å². The molecule has 0 aliphatic rings. The highest BCUT2D eigenvalue weighted by atomic mass is 32.2. The van der Waals surface area contributed by atoms with Gasteiger partial charge < -0.3 is 5.11 Å². The summed E-state index contributed by atoms with van der Waals surface area (Å²) in [6.45, 7) is 4.02. The number of thiazole rings is 1. The van der Waals surface area contributed by atoms with Crippen molar-refractivity contribution in [3.8, 4) is 0 Å². The lowest BCUT2D eigenvalue weighted by Crippen LogP contribution is -2.21. The minimum atomic E-state index is -0.251. The molecule has 0 radical (unpaired) electrons. The highest BCUT2D eigenvalue weighted by Crippen LogP contribution is 2.30. The van der Waals surface area contributed by atoms with Gasteiger partial charge in [-0.05, 0) is 11.9 Å². The first-order valence-corrected chi connectivity index (χ1v) is 5.23. The molecule has 0 aliphatic heterocycles. The van der Waals surface area contributed by atoms with Gasteiger partial charge >= 0.3 is 0 Å². The van der Waals surface area contributed by atoms with Crippen LogP contribution in [0.2, 0.25) is 0 Å². The number of aliphatic hydroxyl groups excluding tert-OH is 1. The van der Waals surface area contributed by atoms with Crippen LogP contribution in [0.15, 0.2) is 10.4 Å². The average molecular weight is 204 g/mol. The van der Waals surface area contributed by atoms with E-state index < -0.39 is 0 Å². The van der Waals surface area contributed by atoms with Gasteiger partial charge in [0.05, 0.1) is 17.0 Å². The van der Waals surface area contributed by atoms with E-state index in [1.54, 1.807) is 6.20 Å².